The van der Waals surface area contributed by atoms with Gasteiger partial charge in [-0.15, -0.1) is 23.1 Å². The fraction of sp³-hybridized carbons (Fsp3) is 0.261. The second kappa shape index (κ2) is 11.5. The lowest BCUT2D eigenvalue weighted by Crippen LogP contribution is -2.35. The third-order valence-corrected chi connectivity index (χ3v) is 6.28. The Morgan fingerprint density at radius 2 is 1.91 bits per heavy atom. The summed E-state index contributed by atoms with van der Waals surface area (Å²) in [6.07, 6.45) is -0.945. The lowest BCUT2D eigenvalue weighted by molar-refractivity contribution is -0.129. The highest BCUT2D eigenvalue weighted by atomic mass is 32.2. The van der Waals surface area contributed by atoms with E-state index in [1.165, 1.54) is 23.1 Å². The Kier molecular flexibility index (Phi) is 8.52. The van der Waals surface area contributed by atoms with Crippen LogP contribution in [0.2, 0.25) is 0 Å². The van der Waals surface area contributed by atoms with E-state index in [0.717, 1.165) is 16.2 Å². The van der Waals surface area contributed by atoms with Crippen LogP contribution in [0.3, 0.4) is 0 Å². The minimum Gasteiger partial charge on any atom is -0.493 e. The molecule has 3 aromatic rings. The molecule has 3 rings (SSSR count). The summed E-state index contributed by atoms with van der Waals surface area (Å²) in [6, 6.07) is 12.6. The first-order valence-electron chi connectivity index (χ1n) is 9.80. The minimum absolute atomic E-state index is 0.265. The predicted octanol–water partition coefficient (Wildman–Crippen LogP) is 4.31. The Balaban J connectivity index is 1.56. The van der Waals surface area contributed by atoms with Crippen molar-refractivity contribution in [3.8, 4) is 11.5 Å². The van der Waals surface area contributed by atoms with E-state index >= 15 is 0 Å². The maximum Gasteiger partial charge on any atom is 0.340 e. The standard InChI is InChI=1S/C23H24N2O5S2/c1-15(22(26)24-11-16-8-9-19(28-2)20(10-16)29-3)30-23(27)18-6-4-5-7-21(18)32-13-17-12-31-14-25-17/h4-10,12,14-15H,11,13H2,1-3H3,(H,24,26). The van der Waals surface area contributed by atoms with Crippen molar-refractivity contribution in [2.45, 2.75) is 30.2 Å². The highest BCUT2D eigenvalue weighted by Crippen LogP contribution is 2.28. The van der Waals surface area contributed by atoms with Crippen molar-refractivity contribution < 1.29 is 23.8 Å². The molecule has 0 saturated carbocycles. The van der Waals surface area contributed by atoms with E-state index in [4.69, 9.17) is 14.2 Å². The van der Waals surface area contributed by atoms with E-state index in [2.05, 4.69) is 10.3 Å². The quantitative estimate of drug-likeness (QED) is 0.347. The summed E-state index contributed by atoms with van der Waals surface area (Å²) in [5.74, 6) is 0.900. The smallest absolute Gasteiger partial charge is 0.340 e. The number of benzene rings is 2. The number of nitrogens with one attached hydrogen (secondary N) is 1. The number of thioether (sulfide) groups is 1. The topological polar surface area (TPSA) is 86.8 Å². The average Bonchev–Trinajstić information content (AvgIpc) is 3.34. The Morgan fingerprint density at radius 1 is 1.12 bits per heavy atom. The molecule has 168 valence electrons. The van der Waals surface area contributed by atoms with Crippen LogP contribution in [-0.2, 0) is 21.8 Å². The van der Waals surface area contributed by atoms with Gasteiger partial charge in [0, 0.05) is 22.6 Å². The van der Waals surface area contributed by atoms with Crippen molar-refractivity contribution in [1.82, 2.24) is 10.3 Å². The highest BCUT2D eigenvalue weighted by molar-refractivity contribution is 7.98. The third kappa shape index (κ3) is 6.24. The molecule has 1 unspecified atom stereocenters. The molecular weight excluding hydrogens is 448 g/mol. The molecule has 1 N–H and O–H groups in total. The number of carbonyl (C=O) groups excluding carboxylic acids is 2. The zero-order valence-corrected chi connectivity index (χ0v) is 19.6. The number of hydrogen-bond donors (Lipinski definition) is 1. The number of aromatic nitrogens is 1. The van der Waals surface area contributed by atoms with Gasteiger partial charge >= 0.3 is 5.97 Å². The highest BCUT2D eigenvalue weighted by Gasteiger charge is 2.21. The van der Waals surface area contributed by atoms with E-state index in [-0.39, 0.29) is 12.5 Å². The molecule has 0 spiro atoms. The summed E-state index contributed by atoms with van der Waals surface area (Å²) in [6.45, 7) is 1.81. The lowest BCUT2D eigenvalue weighted by Gasteiger charge is -2.15. The second-order valence-corrected chi connectivity index (χ2v) is 8.46. The SMILES string of the molecule is COc1ccc(CNC(=O)C(C)OC(=O)c2ccccc2SCc2cscn2)cc1OC. The number of nitrogens with zero attached hydrogens (tertiary/aromatic N) is 1. The van der Waals surface area contributed by atoms with Crippen LogP contribution in [0.25, 0.3) is 0 Å². The molecular formula is C23H24N2O5S2. The second-order valence-electron chi connectivity index (χ2n) is 6.72. The van der Waals surface area contributed by atoms with Gasteiger partial charge in [-0.3, -0.25) is 4.79 Å². The molecule has 32 heavy (non-hydrogen) atoms. The summed E-state index contributed by atoms with van der Waals surface area (Å²) < 4.78 is 15.9. The van der Waals surface area contributed by atoms with E-state index < -0.39 is 12.1 Å². The van der Waals surface area contributed by atoms with Gasteiger partial charge in [-0.25, -0.2) is 9.78 Å². The van der Waals surface area contributed by atoms with Gasteiger partial charge in [0.15, 0.2) is 17.6 Å². The van der Waals surface area contributed by atoms with Gasteiger partial charge in [0.2, 0.25) is 0 Å². The summed E-state index contributed by atoms with van der Waals surface area (Å²) in [7, 11) is 3.11. The van der Waals surface area contributed by atoms with Gasteiger partial charge in [0.1, 0.15) is 0 Å². The van der Waals surface area contributed by atoms with Crippen molar-refractivity contribution in [2.75, 3.05) is 14.2 Å². The number of rotatable bonds is 10. The average molecular weight is 473 g/mol. The van der Waals surface area contributed by atoms with Crippen molar-refractivity contribution in [2.24, 2.45) is 0 Å². The lowest BCUT2D eigenvalue weighted by atomic mass is 10.2. The predicted molar refractivity (Wildman–Crippen MR) is 124 cm³/mol. The van der Waals surface area contributed by atoms with Gasteiger partial charge in [0.05, 0.1) is 31.0 Å². The zero-order chi connectivity index (χ0) is 22.9. The van der Waals surface area contributed by atoms with Crippen LogP contribution in [0, 0.1) is 0 Å². The Morgan fingerprint density at radius 3 is 2.62 bits per heavy atom. The van der Waals surface area contributed by atoms with Gasteiger partial charge in [0.25, 0.3) is 5.91 Å². The number of ether oxygens (including phenoxy) is 3. The van der Waals surface area contributed by atoms with E-state index in [1.807, 2.05) is 23.6 Å². The first kappa shape index (κ1) is 23.6. The van der Waals surface area contributed by atoms with Gasteiger partial charge < -0.3 is 19.5 Å². The molecule has 1 amide bonds. The van der Waals surface area contributed by atoms with Crippen LogP contribution in [-0.4, -0.2) is 37.2 Å². The van der Waals surface area contributed by atoms with Crippen LogP contribution in [0.5, 0.6) is 11.5 Å². The number of methoxy groups -OCH3 is 2. The van der Waals surface area contributed by atoms with Gasteiger partial charge in [-0.05, 0) is 36.8 Å². The third-order valence-electron chi connectivity index (χ3n) is 4.53. The molecule has 0 saturated heterocycles. The number of carbonyl (C=O) groups is 2. The van der Waals surface area contributed by atoms with Crippen molar-refractivity contribution in [3.05, 3.63) is 70.2 Å². The van der Waals surface area contributed by atoms with E-state index in [9.17, 15) is 9.59 Å². The Hall–Kier alpha value is -3.04. The summed E-state index contributed by atoms with van der Waals surface area (Å²) >= 11 is 3.03. The maximum atomic E-state index is 12.7. The Labute approximate surface area is 195 Å². The zero-order valence-electron chi connectivity index (χ0n) is 18.0. The van der Waals surface area contributed by atoms with Crippen molar-refractivity contribution in [3.63, 3.8) is 0 Å². The minimum atomic E-state index is -0.945. The van der Waals surface area contributed by atoms with Gasteiger partial charge in [-0.2, -0.15) is 0 Å². The van der Waals surface area contributed by atoms with E-state index in [1.54, 1.807) is 50.9 Å². The molecule has 1 heterocycles. The number of esters is 1. The normalized spacial score (nSPS) is 11.5. The molecule has 7 nitrogen and oxygen atoms in total. The molecule has 1 atom stereocenters. The van der Waals surface area contributed by atoms with Crippen LogP contribution < -0.4 is 14.8 Å². The molecule has 2 aromatic carbocycles. The molecule has 0 aliphatic carbocycles. The van der Waals surface area contributed by atoms with Crippen molar-refractivity contribution >= 4 is 35.0 Å². The van der Waals surface area contributed by atoms with E-state index in [0.29, 0.717) is 22.8 Å². The molecule has 0 aliphatic heterocycles. The molecule has 9 heteroatoms. The molecule has 0 aliphatic rings. The monoisotopic (exact) mass is 472 g/mol. The summed E-state index contributed by atoms with van der Waals surface area (Å²) in [4.78, 5) is 30.2. The van der Waals surface area contributed by atoms with Crippen LogP contribution in [0.4, 0.5) is 0 Å². The fourth-order valence-corrected chi connectivity index (χ4v) is 4.43. The van der Waals surface area contributed by atoms with Gasteiger partial charge in [-0.1, -0.05) is 18.2 Å². The summed E-state index contributed by atoms with van der Waals surface area (Å²) in [5, 5.41) is 4.75. The first-order valence-corrected chi connectivity index (χ1v) is 11.7. The molecule has 0 bridgehead atoms. The number of amides is 1. The summed E-state index contributed by atoms with van der Waals surface area (Å²) in [5.41, 5.74) is 3.98. The first-order chi connectivity index (χ1) is 15.5. The molecule has 1 aromatic heterocycles. The Bertz CT molecular complexity index is 1060. The molecule has 0 fully saturated rings. The number of hydrogen-bond acceptors (Lipinski definition) is 8. The maximum absolute atomic E-state index is 12.7. The van der Waals surface area contributed by atoms with Crippen molar-refractivity contribution in [1.29, 1.82) is 0 Å². The molecule has 0 radical (unpaired) electrons. The number of thiazole rings is 1. The fourth-order valence-electron chi connectivity index (χ4n) is 2.82. The van der Waals surface area contributed by atoms with Crippen LogP contribution >= 0.6 is 23.1 Å². The van der Waals surface area contributed by atoms with Crippen LogP contribution in [0.1, 0.15) is 28.5 Å². The largest absolute Gasteiger partial charge is 0.493 e. The van der Waals surface area contributed by atoms with Crippen LogP contribution in [0.15, 0.2) is 58.3 Å².